The molecule has 0 aromatic carbocycles. The Balaban J connectivity index is 2.45. The molecule has 5 heteroatoms. The molecule has 0 radical (unpaired) electrons. The van der Waals surface area contributed by atoms with Crippen molar-refractivity contribution in [2.75, 3.05) is 13.7 Å². The molecule has 2 heterocycles. The Morgan fingerprint density at radius 1 is 1.21 bits per heavy atom. The fourth-order valence-corrected chi connectivity index (χ4v) is 1.95. The van der Waals surface area contributed by atoms with Crippen molar-refractivity contribution in [1.82, 2.24) is 20.3 Å². The van der Waals surface area contributed by atoms with Crippen LogP contribution in [0, 0.1) is 6.92 Å². The van der Waals surface area contributed by atoms with Crippen LogP contribution in [0.4, 0.5) is 0 Å². The molecule has 0 amide bonds. The second kappa shape index (κ2) is 6.24. The summed E-state index contributed by atoms with van der Waals surface area (Å²) in [6, 6.07) is 3.90. The van der Waals surface area contributed by atoms with Crippen LogP contribution < -0.4 is 10.1 Å². The van der Waals surface area contributed by atoms with E-state index in [-0.39, 0.29) is 6.04 Å². The van der Waals surface area contributed by atoms with Crippen molar-refractivity contribution in [3.63, 3.8) is 0 Å². The van der Waals surface area contributed by atoms with Gasteiger partial charge in [-0.15, -0.1) is 0 Å². The molecule has 0 saturated heterocycles. The van der Waals surface area contributed by atoms with Crippen LogP contribution in [-0.2, 0) is 0 Å². The van der Waals surface area contributed by atoms with E-state index in [4.69, 9.17) is 4.74 Å². The molecule has 5 nitrogen and oxygen atoms in total. The Hall–Kier alpha value is -2.01. The number of aryl methyl sites for hydroxylation is 1. The lowest BCUT2D eigenvalue weighted by Crippen LogP contribution is -2.24. The maximum absolute atomic E-state index is 5.28. The molecule has 2 rings (SSSR count). The lowest BCUT2D eigenvalue weighted by Gasteiger charge is -2.18. The van der Waals surface area contributed by atoms with Crippen LogP contribution in [-0.4, -0.2) is 28.6 Å². The first kappa shape index (κ1) is 13.4. The summed E-state index contributed by atoms with van der Waals surface area (Å²) in [5, 5.41) is 3.37. The van der Waals surface area contributed by atoms with Crippen LogP contribution in [0.2, 0.25) is 0 Å². The zero-order valence-electron chi connectivity index (χ0n) is 11.4. The highest BCUT2D eigenvalue weighted by Gasteiger charge is 2.20. The Kier molecular flexibility index (Phi) is 4.41. The van der Waals surface area contributed by atoms with E-state index < -0.39 is 0 Å². The molecule has 0 fully saturated rings. The average Bonchev–Trinajstić information content (AvgIpc) is 2.45. The monoisotopic (exact) mass is 258 g/mol. The molecule has 0 aliphatic heterocycles. The van der Waals surface area contributed by atoms with Gasteiger partial charge in [0.15, 0.2) is 0 Å². The highest BCUT2D eigenvalue weighted by Crippen LogP contribution is 2.25. The first-order valence-corrected chi connectivity index (χ1v) is 6.27. The summed E-state index contributed by atoms with van der Waals surface area (Å²) < 4.78 is 5.28. The third-order valence-corrected chi connectivity index (χ3v) is 2.80. The predicted molar refractivity (Wildman–Crippen MR) is 73.1 cm³/mol. The molecule has 0 bridgehead atoms. The molecule has 0 aliphatic rings. The number of hydrogen-bond acceptors (Lipinski definition) is 5. The standard InChI is InChI=1S/C14H18N4O/c1-4-15-12(11-9-10(2)5-6-16-11)13-14(19-3)18-8-7-17-13/h5-9,12,15H,4H2,1-3H3. The first-order valence-electron chi connectivity index (χ1n) is 6.27. The molecule has 1 N–H and O–H groups in total. The van der Waals surface area contributed by atoms with E-state index in [2.05, 4.69) is 20.3 Å². The second-order valence-corrected chi connectivity index (χ2v) is 4.20. The number of rotatable bonds is 5. The van der Waals surface area contributed by atoms with Gasteiger partial charge in [-0.1, -0.05) is 6.92 Å². The van der Waals surface area contributed by atoms with Crippen LogP contribution in [0.3, 0.4) is 0 Å². The minimum absolute atomic E-state index is 0.117. The minimum Gasteiger partial charge on any atom is -0.480 e. The van der Waals surface area contributed by atoms with Gasteiger partial charge in [-0.25, -0.2) is 4.98 Å². The third-order valence-electron chi connectivity index (χ3n) is 2.80. The SMILES string of the molecule is CCNC(c1cc(C)ccn1)c1nccnc1OC. The van der Waals surface area contributed by atoms with Crippen molar-refractivity contribution >= 4 is 0 Å². The van der Waals surface area contributed by atoms with Crippen LogP contribution in [0.1, 0.15) is 29.9 Å². The third kappa shape index (κ3) is 3.06. The molecular weight excluding hydrogens is 240 g/mol. The molecular formula is C14H18N4O. The summed E-state index contributed by atoms with van der Waals surface area (Å²) in [5.41, 5.74) is 2.83. The second-order valence-electron chi connectivity index (χ2n) is 4.20. The number of nitrogens with one attached hydrogen (secondary N) is 1. The number of pyridine rings is 1. The number of nitrogens with zero attached hydrogens (tertiary/aromatic N) is 3. The summed E-state index contributed by atoms with van der Waals surface area (Å²) in [7, 11) is 1.60. The zero-order valence-corrected chi connectivity index (χ0v) is 11.4. The van der Waals surface area contributed by atoms with E-state index in [9.17, 15) is 0 Å². The van der Waals surface area contributed by atoms with Gasteiger partial charge in [-0.2, -0.15) is 0 Å². The number of aromatic nitrogens is 3. The molecule has 1 unspecified atom stereocenters. The molecule has 19 heavy (non-hydrogen) atoms. The van der Waals surface area contributed by atoms with Gasteiger partial charge in [-0.3, -0.25) is 9.97 Å². The molecule has 0 aliphatic carbocycles. The molecule has 0 saturated carbocycles. The first-order chi connectivity index (χ1) is 9.26. The van der Waals surface area contributed by atoms with Crippen LogP contribution in [0.5, 0.6) is 5.88 Å². The smallest absolute Gasteiger partial charge is 0.237 e. The average molecular weight is 258 g/mol. The van der Waals surface area contributed by atoms with Crippen LogP contribution >= 0.6 is 0 Å². The summed E-state index contributed by atoms with van der Waals surface area (Å²) in [6.45, 7) is 4.90. The molecule has 1 atom stereocenters. The Bertz CT molecular complexity index is 544. The molecule has 2 aromatic heterocycles. The van der Waals surface area contributed by atoms with Crippen LogP contribution in [0.15, 0.2) is 30.7 Å². The summed E-state index contributed by atoms with van der Waals surface area (Å²) in [6.07, 6.45) is 5.09. The van der Waals surface area contributed by atoms with Gasteiger partial charge in [0.25, 0.3) is 0 Å². The van der Waals surface area contributed by atoms with Gasteiger partial charge in [0.05, 0.1) is 18.8 Å². The maximum Gasteiger partial charge on any atom is 0.237 e. The normalized spacial score (nSPS) is 12.2. The number of hydrogen-bond donors (Lipinski definition) is 1. The number of methoxy groups -OCH3 is 1. The Morgan fingerprint density at radius 2 is 2.00 bits per heavy atom. The van der Waals surface area contributed by atoms with E-state index in [0.717, 1.165) is 23.5 Å². The van der Waals surface area contributed by atoms with E-state index >= 15 is 0 Å². The predicted octanol–water partition coefficient (Wildman–Crippen LogP) is 1.89. The van der Waals surface area contributed by atoms with Crippen molar-refractivity contribution in [2.24, 2.45) is 0 Å². The van der Waals surface area contributed by atoms with Gasteiger partial charge in [-0.05, 0) is 31.2 Å². The summed E-state index contributed by atoms with van der Waals surface area (Å²) in [4.78, 5) is 13.0. The lowest BCUT2D eigenvalue weighted by molar-refractivity contribution is 0.382. The summed E-state index contributed by atoms with van der Waals surface area (Å²) in [5.74, 6) is 0.525. The largest absolute Gasteiger partial charge is 0.480 e. The zero-order chi connectivity index (χ0) is 13.7. The molecule has 2 aromatic rings. The van der Waals surface area contributed by atoms with Crippen LogP contribution in [0.25, 0.3) is 0 Å². The quantitative estimate of drug-likeness (QED) is 0.887. The Labute approximate surface area is 113 Å². The van der Waals surface area contributed by atoms with Gasteiger partial charge < -0.3 is 10.1 Å². The van der Waals surface area contributed by atoms with Crippen molar-refractivity contribution in [1.29, 1.82) is 0 Å². The van der Waals surface area contributed by atoms with E-state index in [1.165, 1.54) is 0 Å². The topological polar surface area (TPSA) is 59.9 Å². The van der Waals surface area contributed by atoms with Crippen molar-refractivity contribution < 1.29 is 4.74 Å². The van der Waals surface area contributed by atoms with E-state index in [0.29, 0.717) is 5.88 Å². The van der Waals surface area contributed by atoms with Gasteiger partial charge in [0, 0.05) is 18.6 Å². The van der Waals surface area contributed by atoms with Crippen molar-refractivity contribution in [3.05, 3.63) is 47.7 Å². The fraction of sp³-hybridized carbons (Fsp3) is 0.357. The van der Waals surface area contributed by atoms with Gasteiger partial charge in [0.2, 0.25) is 5.88 Å². The van der Waals surface area contributed by atoms with Crippen molar-refractivity contribution in [2.45, 2.75) is 19.9 Å². The van der Waals surface area contributed by atoms with Crippen molar-refractivity contribution in [3.8, 4) is 5.88 Å². The van der Waals surface area contributed by atoms with Gasteiger partial charge in [0.1, 0.15) is 5.69 Å². The highest BCUT2D eigenvalue weighted by molar-refractivity contribution is 5.30. The maximum atomic E-state index is 5.28. The molecule has 100 valence electrons. The van der Waals surface area contributed by atoms with E-state index in [1.54, 1.807) is 25.7 Å². The summed E-state index contributed by atoms with van der Waals surface area (Å²) >= 11 is 0. The Morgan fingerprint density at radius 3 is 2.68 bits per heavy atom. The molecule has 0 spiro atoms. The number of ether oxygens (including phenoxy) is 1. The van der Waals surface area contributed by atoms with E-state index in [1.807, 2.05) is 26.0 Å². The van der Waals surface area contributed by atoms with Gasteiger partial charge >= 0.3 is 0 Å². The fourth-order valence-electron chi connectivity index (χ4n) is 1.95. The highest BCUT2D eigenvalue weighted by atomic mass is 16.5. The minimum atomic E-state index is -0.117. The lowest BCUT2D eigenvalue weighted by atomic mass is 10.1.